The topological polar surface area (TPSA) is 61.5 Å². The molecule has 6 nitrogen and oxygen atoms in total. The number of anilines is 3. The van der Waals surface area contributed by atoms with Crippen molar-refractivity contribution in [2.75, 3.05) is 56.9 Å². The lowest BCUT2D eigenvalue weighted by Crippen LogP contribution is -2.45. The Hall–Kier alpha value is -2.62. The molecule has 1 aromatic carbocycles. The Morgan fingerprint density at radius 3 is 2.58 bits per heavy atom. The third kappa shape index (κ3) is 5.48. The molecule has 0 atom stereocenters. The first kappa shape index (κ1) is 23.5. The molecule has 3 heterocycles. The molecule has 0 spiro atoms. The normalized spacial score (nSPS) is 15.8. The highest BCUT2D eigenvalue weighted by molar-refractivity contribution is 6.35. The van der Waals surface area contributed by atoms with Gasteiger partial charge in [-0.2, -0.15) is 13.2 Å². The number of alkyl halides is 3. The predicted octanol–water partition coefficient (Wildman–Crippen LogP) is 4.66. The highest BCUT2D eigenvalue weighted by Crippen LogP contribution is 2.36. The summed E-state index contributed by atoms with van der Waals surface area (Å²) in [5.74, 6) is 0.633. The summed E-state index contributed by atoms with van der Waals surface area (Å²) in [6.45, 7) is 5.23. The van der Waals surface area contributed by atoms with Crippen molar-refractivity contribution in [3.63, 3.8) is 0 Å². The summed E-state index contributed by atoms with van der Waals surface area (Å²) >= 11 is 6.33. The Bertz CT molecular complexity index is 1120. The summed E-state index contributed by atoms with van der Waals surface area (Å²) in [5, 5.41) is 1.33. The van der Waals surface area contributed by atoms with Crippen molar-refractivity contribution in [3.05, 3.63) is 53.2 Å². The van der Waals surface area contributed by atoms with Gasteiger partial charge in [-0.25, -0.2) is 9.97 Å². The van der Waals surface area contributed by atoms with E-state index in [4.69, 9.17) is 17.3 Å². The first-order valence-electron chi connectivity index (χ1n) is 10.8. The lowest BCUT2D eigenvalue weighted by molar-refractivity contribution is -0.136. The second-order valence-corrected chi connectivity index (χ2v) is 8.67. The molecule has 0 saturated carbocycles. The van der Waals surface area contributed by atoms with E-state index in [1.165, 1.54) is 0 Å². The van der Waals surface area contributed by atoms with Crippen LogP contribution in [0.2, 0.25) is 5.02 Å². The maximum Gasteiger partial charge on any atom is 0.418 e. The fourth-order valence-corrected chi connectivity index (χ4v) is 4.19. The number of benzene rings is 1. The number of para-hydroxylation sites is 1. The second kappa shape index (κ2) is 9.70. The summed E-state index contributed by atoms with van der Waals surface area (Å²) in [7, 11) is 2.10. The average molecular weight is 479 g/mol. The fourth-order valence-electron chi connectivity index (χ4n) is 3.97. The molecule has 1 aliphatic rings. The van der Waals surface area contributed by atoms with Crippen LogP contribution in [0.25, 0.3) is 10.9 Å². The van der Waals surface area contributed by atoms with Crippen molar-refractivity contribution >= 4 is 39.8 Å². The number of aromatic nitrogens is 2. The SMILES string of the molecule is CN1CCN(CCCN(c2cc(C(F)(F)F)c(N)cn2)c2ccc3cccc(Cl)c3n2)CC1. The van der Waals surface area contributed by atoms with E-state index in [2.05, 4.69) is 26.8 Å². The monoisotopic (exact) mass is 478 g/mol. The molecule has 176 valence electrons. The van der Waals surface area contributed by atoms with Crippen molar-refractivity contribution in [2.24, 2.45) is 0 Å². The van der Waals surface area contributed by atoms with Gasteiger partial charge in [-0.3, -0.25) is 0 Å². The van der Waals surface area contributed by atoms with Crippen LogP contribution < -0.4 is 10.6 Å². The molecule has 1 aliphatic heterocycles. The predicted molar refractivity (Wildman–Crippen MR) is 126 cm³/mol. The number of nitrogens with two attached hydrogens (primary N) is 1. The minimum Gasteiger partial charge on any atom is -0.397 e. The van der Waals surface area contributed by atoms with E-state index in [1.807, 2.05) is 18.2 Å². The summed E-state index contributed by atoms with van der Waals surface area (Å²) < 4.78 is 40.5. The van der Waals surface area contributed by atoms with Crippen molar-refractivity contribution in [1.29, 1.82) is 0 Å². The Morgan fingerprint density at radius 1 is 1.09 bits per heavy atom. The minimum atomic E-state index is -4.58. The van der Waals surface area contributed by atoms with Gasteiger partial charge in [-0.15, -0.1) is 0 Å². The summed E-state index contributed by atoms with van der Waals surface area (Å²) in [6.07, 6.45) is -2.79. The van der Waals surface area contributed by atoms with E-state index in [0.29, 0.717) is 22.9 Å². The molecule has 1 fully saturated rings. The van der Waals surface area contributed by atoms with Crippen LogP contribution in [0.1, 0.15) is 12.0 Å². The van der Waals surface area contributed by atoms with Crippen LogP contribution in [0.5, 0.6) is 0 Å². The van der Waals surface area contributed by atoms with Gasteiger partial charge in [-0.05, 0) is 44.3 Å². The zero-order valence-electron chi connectivity index (χ0n) is 18.3. The molecular weight excluding hydrogens is 453 g/mol. The third-order valence-electron chi connectivity index (χ3n) is 5.89. The number of hydrogen-bond donors (Lipinski definition) is 1. The highest BCUT2D eigenvalue weighted by atomic mass is 35.5. The first-order chi connectivity index (χ1) is 15.7. The van der Waals surface area contributed by atoms with Crippen LogP contribution >= 0.6 is 11.6 Å². The molecule has 33 heavy (non-hydrogen) atoms. The van der Waals surface area contributed by atoms with E-state index in [-0.39, 0.29) is 5.82 Å². The Morgan fingerprint density at radius 2 is 1.85 bits per heavy atom. The van der Waals surface area contributed by atoms with Crippen molar-refractivity contribution in [1.82, 2.24) is 19.8 Å². The standard InChI is InChI=1S/C23H26ClF3N6/c1-31-10-12-32(13-11-31)8-3-9-33(21-14-17(23(25,26)27)19(28)15-29-21)20-7-6-16-4-2-5-18(24)22(16)30-20/h2,4-7,14-15H,3,8-13,28H2,1H3. The Balaban J connectivity index is 1.65. The third-order valence-corrected chi connectivity index (χ3v) is 6.19. The van der Waals surface area contributed by atoms with Gasteiger partial charge in [0.05, 0.1) is 28.0 Å². The van der Waals surface area contributed by atoms with Crippen LogP contribution in [-0.4, -0.2) is 66.1 Å². The van der Waals surface area contributed by atoms with E-state index in [0.717, 1.165) is 56.8 Å². The molecule has 0 unspecified atom stereocenters. The van der Waals surface area contributed by atoms with Crippen molar-refractivity contribution in [2.45, 2.75) is 12.6 Å². The number of hydrogen-bond acceptors (Lipinski definition) is 6. The van der Waals surface area contributed by atoms with Gasteiger partial charge in [0, 0.05) is 38.1 Å². The van der Waals surface area contributed by atoms with Crippen LogP contribution in [-0.2, 0) is 6.18 Å². The molecule has 3 aromatic rings. The minimum absolute atomic E-state index is 0.147. The van der Waals surface area contributed by atoms with Gasteiger partial charge >= 0.3 is 6.18 Å². The van der Waals surface area contributed by atoms with Crippen molar-refractivity contribution in [3.8, 4) is 0 Å². The summed E-state index contributed by atoms with van der Waals surface area (Å²) in [4.78, 5) is 15.2. The van der Waals surface area contributed by atoms with Crippen molar-refractivity contribution < 1.29 is 13.2 Å². The maximum atomic E-state index is 13.5. The zero-order chi connectivity index (χ0) is 23.6. The van der Waals surface area contributed by atoms with Gasteiger partial charge in [0.2, 0.25) is 0 Å². The number of likely N-dealkylation sites (N-methyl/N-ethyl adjacent to an activating group) is 1. The Labute approximate surface area is 195 Å². The molecule has 2 aromatic heterocycles. The number of rotatable bonds is 6. The van der Waals surface area contributed by atoms with Crippen LogP contribution in [0.4, 0.5) is 30.5 Å². The lowest BCUT2D eigenvalue weighted by Gasteiger charge is -2.33. The fraction of sp³-hybridized carbons (Fsp3) is 0.391. The van der Waals surface area contributed by atoms with Gasteiger partial charge in [0.1, 0.15) is 11.6 Å². The highest BCUT2D eigenvalue weighted by Gasteiger charge is 2.34. The summed E-state index contributed by atoms with van der Waals surface area (Å²) in [5.41, 5.74) is 4.85. The van der Waals surface area contributed by atoms with Gasteiger partial charge in [-0.1, -0.05) is 23.7 Å². The molecule has 0 amide bonds. The smallest absolute Gasteiger partial charge is 0.397 e. The average Bonchev–Trinajstić information content (AvgIpc) is 2.78. The van der Waals surface area contributed by atoms with Gasteiger partial charge < -0.3 is 20.4 Å². The molecular formula is C23H26ClF3N6. The summed E-state index contributed by atoms with van der Waals surface area (Å²) in [6, 6.07) is 10.1. The molecule has 0 radical (unpaired) electrons. The molecule has 4 rings (SSSR count). The lowest BCUT2D eigenvalue weighted by atomic mass is 10.2. The molecule has 0 aliphatic carbocycles. The number of piperazine rings is 1. The van der Waals surface area contributed by atoms with E-state index in [9.17, 15) is 13.2 Å². The number of fused-ring (bicyclic) bond motifs is 1. The number of nitrogens with zero attached hydrogens (tertiary/aromatic N) is 5. The number of pyridine rings is 2. The number of halogens is 4. The van der Waals surface area contributed by atoms with Gasteiger partial charge in [0.15, 0.2) is 0 Å². The van der Waals surface area contributed by atoms with E-state index in [1.54, 1.807) is 17.0 Å². The maximum absolute atomic E-state index is 13.5. The number of nitrogen functional groups attached to an aromatic ring is 1. The van der Waals surface area contributed by atoms with Crippen LogP contribution in [0.15, 0.2) is 42.6 Å². The quantitative estimate of drug-likeness (QED) is 0.556. The Kier molecular flexibility index (Phi) is 6.92. The van der Waals surface area contributed by atoms with E-state index < -0.39 is 17.4 Å². The second-order valence-electron chi connectivity index (χ2n) is 8.26. The van der Waals surface area contributed by atoms with Gasteiger partial charge in [0.25, 0.3) is 0 Å². The molecule has 1 saturated heterocycles. The van der Waals surface area contributed by atoms with E-state index >= 15 is 0 Å². The first-order valence-corrected chi connectivity index (χ1v) is 11.2. The van der Waals surface area contributed by atoms with Crippen LogP contribution in [0, 0.1) is 0 Å². The zero-order valence-corrected chi connectivity index (χ0v) is 19.1. The molecule has 0 bridgehead atoms. The molecule has 10 heteroatoms. The molecule has 2 N–H and O–H groups in total. The van der Waals surface area contributed by atoms with Crippen LogP contribution in [0.3, 0.4) is 0 Å². The largest absolute Gasteiger partial charge is 0.418 e.